The lowest BCUT2D eigenvalue weighted by molar-refractivity contribution is -0.125. The molecule has 6 nitrogen and oxygen atoms in total. The summed E-state index contributed by atoms with van der Waals surface area (Å²) in [4.78, 5) is 24.4. The molecule has 2 aliphatic heterocycles. The fourth-order valence-electron chi connectivity index (χ4n) is 4.66. The molecule has 1 aliphatic carbocycles. The zero-order chi connectivity index (χ0) is 18.9. The molecule has 0 spiro atoms. The number of ether oxygens (including phenoxy) is 1. The monoisotopic (exact) mass is 372 g/mol. The molecule has 4 rings (SSSR count). The van der Waals surface area contributed by atoms with E-state index in [-0.39, 0.29) is 23.5 Å². The second-order valence-corrected chi connectivity index (χ2v) is 9.12. The van der Waals surface area contributed by atoms with Gasteiger partial charge in [-0.1, -0.05) is 13.8 Å². The summed E-state index contributed by atoms with van der Waals surface area (Å²) in [7, 11) is 0. The van der Waals surface area contributed by atoms with Crippen molar-refractivity contribution in [3.05, 3.63) is 17.5 Å². The SMILES string of the molecule is CC1(C)Cc2nc(N3CCCC3)ncc2[C@H](NC(=O)C[C@@H]2CCCCO2)C1. The number of fused-ring (bicyclic) bond motifs is 1. The molecule has 0 bridgehead atoms. The van der Waals surface area contributed by atoms with Gasteiger partial charge >= 0.3 is 0 Å². The molecule has 148 valence electrons. The molecule has 0 aromatic carbocycles. The normalized spacial score (nSPS) is 27.3. The number of hydrogen-bond donors (Lipinski definition) is 1. The number of amides is 1. The van der Waals surface area contributed by atoms with Crippen molar-refractivity contribution in [2.24, 2.45) is 5.41 Å². The first kappa shape index (κ1) is 18.7. The van der Waals surface area contributed by atoms with Gasteiger partial charge in [0.25, 0.3) is 0 Å². The van der Waals surface area contributed by atoms with E-state index in [4.69, 9.17) is 9.72 Å². The van der Waals surface area contributed by atoms with Gasteiger partial charge in [-0.05, 0) is 50.4 Å². The second kappa shape index (κ2) is 7.74. The van der Waals surface area contributed by atoms with Crippen LogP contribution in [0, 0.1) is 5.41 Å². The van der Waals surface area contributed by atoms with Crippen molar-refractivity contribution in [3.63, 3.8) is 0 Å². The van der Waals surface area contributed by atoms with Gasteiger partial charge in [-0.2, -0.15) is 0 Å². The highest BCUT2D eigenvalue weighted by molar-refractivity contribution is 5.77. The Morgan fingerprint density at radius 2 is 2.11 bits per heavy atom. The maximum Gasteiger partial charge on any atom is 0.225 e. The lowest BCUT2D eigenvalue weighted by Crippen LogP contribution is -2.39. The average molecular weight is 373 g/mol. The van der Waals surface area contributed by atoms with E-state index >= 15 is 0 Å². The number of rotatable bonds is 4. The van der Waals surface area contributed by atoms with Crippen molar-refractivity contribution in [3.8, 4) is 0 Å². The van der Waals surface area contributed by atoms with Crippen LogP contribution < -0.4 is 10.2 Å². The van der Waals surface area contributed by atoms with Crippen molar-refractivity contribution in [1.82, 2.24) is 15.3 Å². The molecule has 3 aliphatic rings. The molecular formula is C21H32N4O2. The van der Waals surface area contributed by atoms with Crippen LogP contribution in [-0.4, -0.2) is 41.7 Å². The number of aromatic nitrogens is 2. The summed E-state index contributed by atoms with van der Waals surface area (Å²) in [5.41, 5.74) is 2.31. The Kier molecular flexibility index (Phi) is 5.35. The van der Waals surface area contributed by atoms with Gasteiger partial charge in [0.05, 0.1) is 24.3 Å². The van der Waals surface area contributed by atoms with Gasteiger partial charge in [0.15, 0.2) is 0 Å². The van der Waals surface area contributed by atoms with Crippen LogP contribution in [0.3, 0.4) is 0 Å². The summed E-state index contributed by atoms with van der Waals surface area (Å²) in [6.45, 7) is 7.39. The third-order valence-corrected chi connectivity index (χ3v) is 6.08. The number of carbonyl (C=O) groups is 1. The Hall–Kier alpha value is -1.69. The number of nitrogens with one attached hydrogen (secondary N) is 1. The van der Waals surface area contributed by atoms with Gasteiger partial charge < -0.3 is 15.0 Å². The van der Waals surface area contributed by atoms with Crippen LogP contribution in [0.5, 0.6) is 0 Å². The van der Waals surface area contributed by atoms with Gasteiger partial charge in [-0.15, -0.1) is 0 Å². The molecule has 1 aromatic heterocycles. The van der Waals surface area contributed by atoms with E-state index in [2.05, 4.69) is 29.0 Å². The predicted octanol–water partition coefficient (Wildman–Crippen LogP) is 3.17. The summed E-state index contributed by atoms with van der Waals surface area (Å²) >= 11 is 0. The van der Waals surface area contributed by atoms with E-state index in [0.717, 1.165) is 69.0 Å². The van der Waals surface area contributed by atoms with E-state index in [1.165, 1.54) is 12.8 Å². The van der Waals surface area contributed by atoms with Crippen molar-refractivity contribution in [2.45, 2.75) is 77.4 Å². The minimum absolute atomic E-state index is 0.00697. The van der Waals surface area contributed by atoms with E-state index in [1.807, 2.05) is 6.20 Å². The van der Waals surface area contributed by atoms with Crippen molar-refractivity contribution >= 4 is 11.9 Å². The summed E-state index contributed by atoms with van der Waals surface area (Å²) in [5.74, 6) is 0.934. The number of hydrogen-bond acceptors (Lipinski definition) is 5. The van der Waals surface area contributed by atoms with Crippen LogP contribution in [0.2, 0.25) is 0 Å². The van der Waals surface area contributed by atoms with E-state index in [0.29, 0.717) is 6.42 Å². The maximum absolute atomic E-state index is 12.6. The van der Waals surface area contributed by atoms with Crippen LogP contribution in [-0.2, 0) is 16.0 Å². The number of carbonyl (C=O) groups excluding carboxylic acids is 1. The third-order valence-electron chi connectivity index (χ3n) is 6.08. The molecule has 3 heterocycles. The Morgan fingerprint density at radius 1 is 1.30 bits per heavy atom. The molecule has 1 amide bonds. The second-order valence-electron chi connectivity index (χ2n) is 9.12. The van der Waals surface area contributed by atoms with Crippen LogP contribution in [0.4, 0.5) is 5.95 Å². The molecule has 0 unspecified atom stereocenters. The molecule has 2 fully saturated rings. The average Bonchev–Trinajstić information content (AvgIpc) is 3.15. The summed E-state index contributed by atoms with van der Waals surface area (Å²) < 4.78 is 5.73. The van der Waals surface area contributed by atoms with Gasteiger partial charge in [0, 0.05) is 31.5 Å². The molecule has 2 saturated heterocycles. The van der Waals surface area contributed by atoms with E-state index in [9.17, 15) is 4.79 Å². The Balaban J connectivity index is 1.48. The molecule has 0 radical (unpaired) electrons. The first-order chi connectivity index (χ1) is 13.0. The van der Waals surface area contributed by atoms with Crippen LogP contribution in [0.15, 0.2) is 6.20 Å². The Labute approximate surface area is 162 Å². The smallest absolute Gasteiger partial charge is 0.225 e. The molecule has 0 saturated carbocycles. The molecule has 2 atom stereocenters. The Morgan fingerprint density at radius 3 is 2.85 bits per heavy atom. The van der Waals surface area contributed by atoms with E-state index < -0.39 is 0 Å². The van der Waals surface area contributed by atoms with Gasteiger partial charge in [-0.3, -0.25) is 4.79 Å². The topological polar surface area (TPSA) is 67.4 Å². The molecule has 27 heavy (non-hydrogen) atoms. The summed E-state index contributed by atoms with van der Waals surface area (Å²) in [6.07, 6.45) is 10.0. The molecule has 1 N–H and O–H groups in total. The standard InChI is InChI=1S/C21H32N4O2/c1-21(2)12-17(23-19(26)11-15-7-3-6-10-27-15)16-14-22-20(24-18(16)13-21)25-8-4-5-9-25/h14-15,17H,3-13H2,1-2H3,(H,23,26)/t15-,17+/m0/s1. The Bertz CT molecular complexity index is 679. The zero-order valence-electron chi connectivity index (χ0n) is 16.7. The first-order valence-electron chi connectivity index (χ1n) is 10.5. The minimum Gasteiger partial charge on any atom is -0.378 e. The van der Waals surface area contributed by atoms with Gasteiger partial charge in [-0.25, -0.2) is 9.97 Å². The minimum atomic E-state index is -0.00697. The summed E-state index contributed by atoms with van der Waals surface area (Å²) in [6, 6.07) is -0.00697. The van der Waals surface area contributed by atoms with Crippen molar-refractivity contribution < 1.29 is 9.53 Å². The fraction of sp³-hybridized carbons (Fsp3) is 0.762. The highest BCUT2D eigenvalue weighted by Crippen LogP contribution is 2.40. The fourth-order valence-corrected chi connectivity index (χ4v) is 4.66. The number of nitrogens with zero attached hydrogens (tertiary/aromatic N) is 3. The van der Waals surface area contributed by atoms with Crippen LogP contribution >= 0.6 is 0 Å². The van der Waals surface area contributed by atoms with Crippen molar-refractivity contribution in [2.75, 3.05) is 24.6 Å². The predicted molar refractivity (Wildman–Crippen MR) is 105 cm³/mol. The largest absolute Gasteiger partial charge is 0.378 e. The van der Waals surface area contributed by atoms with Crippen LogP contribution in [0.1, 0.15) is 76.1 Å². The third kappa shape index (κ3) is 4.42. The maximum atomic E-state index is 12.6. The zero-order valence-corrected chi connectivity index (χ0v) is 16.7. The van der Waals surface area contributed by atoms with Gasteiger partial charge in [0.2, 0.25) is 11.9 Å². The van der Waals surface area contributed by atoms with Gasteiger partial charge in [0.1, 0.15) is 0 Å². The van der Waals surface area contributed by atoms with E-state index in [1.54, 1.807) is 0 Å². The quantitative estimate of drug-likeness (QED) is 0.879. The molecular weight excluding hydrogens is 340 g/mol. The highest BCUT2D eigenvalue weighted by Gasteiger charge is 2.35. The lowest BCUT2D eigenvalue weighted by Gasteiger charge is -2.37. The van der Waals surface area contributed by atoms with Crippen molar-refractivity contribution in [1.29, 1.82) is 0 Å². The summed E-state index contributed by atoms with van der Waals surface area (Å²) in [5, 5.41) is 3.25. The number of anilines is 1. The molecule has 6 heteroatoms. The first-order valence-corrected chi connectivity index (χ1v) is 10.5. The molecule has 1 aromatic rings. The lowest BCUT2D eigenvalue weighted by atomic mass is 9.74. The van der Waals surface area contributed by atoms with Crippen LogP contribution in [0.25, 0.3) is 0 Å². The highest BCUT2D eigenvalue weighted by atomic mass is 16.5.